The summed E-state index contributed by atoms with van der Waals surface area (Å²) >= 11 is 0. The van der Waals surface area contributed by atoms with Gasteiger partial charge in [-0.3, -0.25) is 9.89 Å². The summed E-state index contributed by atoms with van der Waals surface area (Å²) in [7, 11) is 0. The minimum Gasteiger partial charge on any atom is -0.444 e. The smallest absolute Gasteiger partial charge is 0.410 e. The number of aromatic nitrogens is 2. The van der Waals surface area contributed by atoms with Gasteiger partial charge in [0.15, 0.2) is 5.69 Å². The van der Waals surface area contributed by atoms with Crippen LogP contribution in [-0.4, -0.2) is 57.5 Å². The number of rotatable bonds is 3. The van der Waals surface area contributed by atoms with E-state index in [1.165, 1.54) is 0 Å². The second-order valence-electron chi connectivity index (χ2n) is 6.16. The lowest BCUT2D eigenvalue weighted by atomic mass is 10.0. The molecule has 8 nitrogen and oxygen atoms in total. The fourth-order valence-corrected chi connectivity index (χ4v) is 2.24. The van der Waals surface area contributed by atoms with Crippen LogP contribution in [0.2, 0.25) is 0 Å². The van der Waals surface area contributed by atoms with Crippen LogP contribution in [-0.2, 0) is 17.7 Å². The molecule has 122 valence electrons. The normalized spacial score (nSPS) is 14.5. The molecule has 0 radical (unpaired) electrons. The highest BCUT2D eigenvalue weighted by atomic mass is 16.6. The number of carbonyl (C=O) groups excluding carboxylic acids is 2. The Balaban J connectivity index is 2.05. The quantitative estimate of drug-likeness (QED) is 0.750. The molecule has 0 saturated heterocycles. The van der Waals surface area contributed by atoms with E-state index >= 15 is 0 Å². The second kappa shape index (κ2) is 6.35. The highest BCUT2D eigenvalue weighted by molar-refractivity contribution is 5.94. The Morgan fingerprint density at radius 3 is 2.82 bits per heavy atom. The Morgan fingerprint density at radius 2 is 2.18 bits per heavy atom. The average Bonchev–Trinajstić information content (AvgIpc) is 2.85. The van der Waals surface area contributed by atoms with Crippen LogP contribution in [0.3, 0.4) is 0 Å². The van der Waals surface area contributed by atoms with Crippen LogP contribution >= 0.6 is 0 Å². The Hall–Kier alpha value is -2.09. The summed E-state index contributed by atoms with van der Waals surface area (Å²) < 4.78 is 5.35. The van der Waals surface area contributed by atoms with Crippen molar-refractivity contribution in [2.24, 2.45) is 0 Å². The highest BCUT2D eigenvalue weighted by Crippen LogP contribution is 2.22. The number of ether oxygens (including phenoxy) is 1. The summed E-state index contributed by atoms with van der Waals surface area (Å²) in [6, 6.07) is 0. The maximum atomic E-state index is 12.1. The van der Waals surface area contributed by atoms with E-state index < -0.39 is 5.60 Å². The van der Waals surface area contributed by atoms with Gasteiger partial charge in [0.25, 0.3) is 5.91 Å². The molecule has 3 N–H and O–H groups in total. The van der Waals surface area contributed by atoms with Crippen LogP contribution in [0.25, 0.3) is 0 Å². The summed E-state index contributed by atoms with van der Waals surface area (Å²) in [6.45, 7) is 6.34. The van der Waals surface area contributed by atoms with E-state index in [0.717, 1.165) is 11.3 Å². The van der Waals surface area contributed by atoms with E-state index in [2.05, 4.69) is 15.5 Å². The summed E-state index contributed by atoms with van der Waals surface area (Å²) in [4.78, 5) is 25.6. The van der Waals surface area contributed by atoms with Gasteiger partial charge in [-0.05, 0) is 27.2 Å². The van der Waals surface area contributed by atoms with Gasteiger partial charge in [0.1, 0.15) is 5.60 Å². The van der Waals surface area contributed by atoms with E-state index in [0.29, 0.717) is 25.2 Å². The van der Waals surface area contributed by atoms with Gasteiger partial charge in [0.2, 0.25) is 0 Å². The van der Waals surface area contributed by atoms with Crippen molar-refractivity contribution in [3.8, 4) is 0 Å². The van der Waals surface area contributed by atoms with Crippen molar-refractivity contribution >= 4 is 12.0 Å². The third kappa shape index (κ3) is 3.76. The third-order valence-electron chi connectivity index (χ3n) is 3.20. The number of aliphatic hydroxyl groups excluding tert-OH is 1. The maximum Gasteiger partial charge on any atom is 0.410 e. The Bertz CT molecular complexity index is 562. The Morgan fingerprint density at radius 1 is 1.45 bits per heavy atom. The number of nitrogens with one attached hydrogen (secondary N) is 2. The van der Waals surface area contributed by atoms with Gasteiger partial charge in [-0.2, -0.15) is 5.10 Å². The molecule has 2 rings (SSSR count). The number of aliphatic hydroxyl groups is 1. The lowest BCUT2D eigenvalue weighted by Gasteiger charge is -2.29. The zero-order valence-corrected chi connectivity index (χ0v) is 13.1. The van der Waals surface area contributed by atoms with Gasteiger partial charge in [-0.25, -0.2) is 4.79 Å². The molecule has 0 fully saturated rings. The number of fused-ring (bicyclic) bond motifs is 1. The summed E-state index contributed by atoms with van der Waals surface area (Å²) in [5.41, 5.74) is 1.34. The SMILES string of the molecule is CC(C)(C)OC(=O)N1CCc2c(C(=O)NCCO)n[nH]c2C1. The number of amides is 2. The van der Waals surface area contributed by atoms with Gasteiger partial charge >= 0.3 is 6.09 Å². The topological polar surface area (TPSA) is 108 Å². The summed E-state index contributed by atoms with van der Waals surface area (Å²) in [6.07, 6.45) is 0.159. The minimum absolute atomic E-state index is 0.120. The zero-order chi connectivity index (χ0) is 16.3. The predicted octanol–water partition coefficient (Wildman–Crippen LogP) is 0.425. The molecule has 0 aromatic carbocycles. The van der Waals surface area contributed by atoms with Crippen molar-refractivity contribution in [3.63, 3.8) is 0 Å². The number of hydrogen-bond donors (Lipinski definition) is 3. The molecule has 0 unspecified atom stereocenters. The van der Waals surface area contributed by atoms with E-state index in [1.54, 1.807) is 4.90 Å². The van der Waals surface area contributed by atoms with Gasteiger partial charge in [0, 0.05) is 18.7 Å². The molecule has 1 aliphatic heterocycles. The lowest BCUT2D eigenvalue weighted by molar-refractivity contribution is 0.0221. The molecular weight excluding hydrogens is 288 g/mol. The maximum absolute atomic E-state index is 12.1. The average molecular weight is 310 g/mol. The second-order valence-corrected chi connectivity index (χ2v) is 6.16. The van der Waals surface area contributed by atoms with Crippen LogP contribution in [0, 0.1) is 0 Å². The first-order valence-corrected chi connectivity index (χ1v) is 7.25. The molecular formula is C14H22N4O4. The number of nitrogens with zero attached hydrogens (tertiary/aromatic N) is 2. The Kier molecular flexibility index (Phi) is 4.70. The molecule has 0 atom stereocenters. The number of carbonyl (C=O) groups is 2. The van der Waals surface area contributed by atoms with Gasteiger partial charge < -0.3 is 20.1 Å². The zero-order valence-electron chi connectivity index (χ0n) is 13.1. The predicted molar refractivity (Wildman–Crippen MR) is 78.4 cm³/mol. The third-order valence-corrected chi connectivity index (χ3v) is 3.20. The van der Waals surface area contributed by atoms with Crippen molar-refractivity contribution < 1.29 is 19.4 Å². The first kappa shape index (κ1) is 16.3. The molecule has 2 heterocycles. The Labute approximate surface area is 128 Å². The minimum atomic E-state index is -0.541. The fourth-order valence-electron chi connectivity index (χ4n) is 2.24. The number of aromatic amines is 1. The molecule has 0 bridgehead atoms. The molecule has 0 aliphatic carbocycles. The first-order valence-electron chi connectivity index (χ1n) is 7.25. The van der Waals surface area contributed by atoms with Gasteiger partial charge in [-0.1, -0.05) is 0 Å². The molecule has 2 amide bonds. The fraction of sp³-hybridized carbons (Fsp3) is 0.643. The summed E-state index contributed by atoms with van der Waals surface area (Å²) in [5, 5.41) is 18.1. The molecule has 0 saturated carbocycles. The highest BCUT2D eigenvalue weighted by Gasteiger charge is 2.29. The largest absolute Gasteiger partial charge is 0.444 e. The van der Waals surface area contributed by atoms with Crippen molar-refractivity contribution in [2.75, 3.05) is 19.7 Å². The molecule has 8 heteroatoms. The van der Waals surface area contributed by atoms with Crippen molar-refractivity contribution in [1.29, 1.82) is 0 Å². The first-order chi connectivity index (χ1) is 10.3. The van der Waals surface area contributed by atoms with Crippen LogP contribution in [0.5, 0.6) is 0 Å². The van der Waals surface area contributed by atoms with Crippen LogP contribution in [0.4, 0.5) is 4.79 Å². The van der Waals surface area contributed by atoms with Crippen LogP contribution in [0.1, 0.15) is 42.5 Å². The standard InChI is InChI=1S/C14H22N4O4/c1-14(2,3)22-13(21)18-6-4-9-10(8-18)16-17-11(9)12(20)15-5-7-19/h19H,4-8H2,1-3H3,(H,15,20)(H,16,17). The molecule has 22 heavy (non-hydrogen) atoms. The molecule has 1 aliphatic rings. The van der Waals surface area contributed by atoms with Crippen LogP contribution < -0.4 is 5.32 Å². The molecule has 1 aromatic heterocycles. The van der Waals surface area contributed by atoms with Crippen molar-refractivity contribution in [2.45, 2.75) is 39.3 Å². The van der Waals surface area contributed by atoms with Crippen molar-refractivity contribution in [3.05, 3.63) is 17.0 Å². The lowest BCUT2D eigenvalue weighted by Crippen LogP contribution is -2.40. The molecule has 1 aromatic rings. The van der Waals surface area contributed by atoms with Crippen LogP contribution in [0.15, 0.2) is 0 Å². The van der Waals surface area contributed by atoms with E-state index in [9.17, 15) is 9.59 Å². The molecule has 0 spiro atoms. The summed E-state index contributed by atoms with van der Waals surface area (Å²) in [5.74, 6) is -0.322. The van der Waals surface area contributed by atoms with Crippen molar-refractivity contribution in [1.82, 2.24) is 20.4 Å². The van der Waals surface area contributed by atoms with E-state index in [4.69, 9.17) is 9.84 Å². The van der Waals surface area contributed by atoms with Gasteiger partial charge in [-0.15, -0.1) is 0 Å². The van der Waals surface area contributed by atoms with E-state index in [-0.39, 0.29) is 25.2 Å². The number of hydrogen-bond acceptors (Lipinski definition) is 5. The van der Waals surface area contributed by atoms with Gasteiger partial charge in [0.05, 0.1) is 18.8 Å². The monoisotopic (exact) mass is 310 g/mol. The van der Waals surface area contributed by atoms with E-state index in [1.807, 2.05) is 20.8 Å². The number of H-pyrrole nitrogens is 1.